The van der Waals surface area contributed by atoms with Crippen molar-refractivity contribution in [1.29, 1.82) is 0 Å². The van der Waals surface area contributed by atoms with Gasteiger partial charge in [0, 0.05) is 11.8 Å². The number of aldehydes is 1. The minimum atomic E-state index is -0.762. The molecule has 0 aromatic rings. The van der Waals surface area contributed by atoms with Crippen LogP contribution in [0.5, 0.6) is 0 Å². The number of nitrogens with zero attached hydrogens (tertiary/aromatic N) is 1. The number of hydrogen-bond donors (Lipinski definition) is 0. The van der Waals surface area contributed by atoms with Crippen LogP contribution in [0.15, 0.2) is 0 Å². The smallest absolute Gasteiger partial charge is 0.219 e. The van der Waals surface area contributed by atoms with E-state index >= 15 is 0 Å². The average Bonchev–Trinajstić information content (AvgIpc) is 1.84. The van der Waals surface area contributed by atoms with E-state index in [0.29, 0.717) is 6.29 Å². The normalized spacial score (nSPS) is 16.2. The van der Waals surface area contributed by atoms with E-state index < -0.39 is 16.9 Å². The largest absolute Gasteiger partial charge is 0.303 e. The lowest BCUT2D eigenvalue weighted by molar-refractivity contribution is -0.523. The van der Waals surface area contributed by atoms with Gasteiger partial charge in [0.15, 0.2) is 0 Å². The Balaban J connectivity index is 3.86. The van der Waals surface area contributed by atoms with Crippen LogP contribution in [-0.4, -0.2) is 17.3 Å². The third-order valence-corrected chi connectivity index (χ3v) is 1.31. The Morgan fingerprint density at radius 3 is 2.11 bits per heavy atom. The highest BCUT2D eigenvalue weighted by Crippen LogP contribution is 2.00. The Bertz CT molecular complexity index is 123. The molecule has 0 aliphatic rings. The fourth-order valence-electron chi connectivity index (χ4n) is 0.306. The van der Waals surface area contributed by atoms with E-state index in [0.717, 1.165) is 0 Å². The number of carbonyl (C=O) groups is 1. The highest BCUT2D eigenvalue weighted by Gasteiger charge is 2.20. The van der Waals surface area contributed by atoms with Gasteiger partial charge in [0.1, 0.15) is 6.29 Å². The lowest BCUT2D eigenvalue weighted by Gasteiger charge is -2.03. The molecule has 4 nitrogen and oxygen atoms in total. The van der Waals surface area contributed by atoms with E-state index in [1.807, 2.05) is 0 Å². The van der Waals surface area contributed by atoms with Crippen LogP contribution in [0.4, 0.5) is 0 Å². The van der Waals surface area contributed by atoms with Crippen molar-refractivity contribution in [3.05, 3.63) is 10.1 Å². The second-order valence-corrected chi connectivity index (χ2v) is 2.02. The molecule has 1 unspecified atom stereocenters. The van der Waals surface area contributed by atoms with Crippen molar-refractivity contribution in [3.8, 4) is 0 Å². The van der Waals surface area contributed by atoms with Gasteiger partial charge in [-0.05, 0) is 6.92 Å². The zero-order chi connectivity index (χ0) is 7.44. The maximum atomic E-state index is 9.95. The van der Waals surface area contributed by atoms with Gasteiger partial charge in [-0.3, -0.25) is 10.1 Å². The average molecular weight is 131 g/mol. The standard InChI is InChI=1S/C5H9NO3/c1-4(3-7)5(2)6(8)9/h3-5H,1-2H3/t4?,5-/m0/s1. The molecular formula is C5H9NO3. The maximum absolute atomic E-state index is 9.95. The molecule has 0 aliphatic heterocycles. The van der Waals surface area contributed by atoms with E-state index in [4.69, 9.17) is 0 Å². The number of rotatable bonds is 3. The first-order valence-corrected chi connectivity index (χ1v) is 2.68. The van der Waals surface area contributed by atoms with Gasteiger partial charge in [0.05, 0.1) is 5.92 Å². The number of hydrogen-bond acceptors (Lipinski definition) is 3. The van der Waals surface area contributed by atoms with Crippen LogP contribution in [0.1, 0.15) is 13.8 Å². The Hall–Kier alpha value is -0.930. The summed E-state index contributed by atoms with van der Waals surface area (Å²) in [6.07, 6.45) is 0.591. The van der Waals surface area contributed by atoms with E-state index in [-0.39, 0.29) is 0 Å². The van der Waals surface area contributed by atoms with Gasteiger partial charge < -0.3 is 4.79 Å². The summed E-state index contributed by atoms with van der Waals surface area (Å²) < 4.78 is 0. The summed E-state index contributed by atoms with van der Waals surface area (Å²) in [6, 6.07) is -0.762. The van der Waals surface area contributed by atoms with E-state index in [9.17, 15) is 14.9 Å². The van der Waals surface area contributed by atoms with Crippen LogP contribution >= 0.6 is 0 Å². The van der Waals surface area contributed by atoms with Crippen molar-refractivity contribution in [3.63, 3.8) is 0 Å². The summed E-state index contributed by atoms with van der Waals surface area (Å²) in [7, 11) is 0. The van der Waals surface area contributed by atoms with Gasteiger partial charge in [-0.2, -0.15) is 0 Å². The minimum absolute atomic E-state index is 0.459. The fourth-order valence-corrected chi connectivity index (χ4v) is 0.306. The second-order valence-electron chi connectivity index (χ2n) is 2.02. The van der Waals surface area contributed by atoms with Crippen molar-refractivity contribution in [2.75, 3.05) is 0 Å². The summed E-state index contributed by atoms with van der Waals surface area (Å²) in [5.41, 5.74) is 0. The molecule has 0 saturated carbocycles. The third-order valence-electron chi connectivity index (χ3n) is 1.31. The van der Waals surface area contributed by atoms with Gasteiger partial charge in [0.25, 0.3) is 0 Å². The quantitative estimate of drug-likeness (QED) is 0.318. The molecule has 4 heteroatoms. The highest BCUT2D eigenvalue weighted by molar-refractivity contribution is 5.53. The fraction of sp³-hybridized carbons (Fsp3) is 0.800. The Morgan fingerprint density at radius 1 is 1.56 bits per heavy atom. The SMILES string of the molecule is CC(C=O)[C@H](C)[N+](=O)[O-]. The molecule has 9 heavy (non-hydrogen) atoms. The summed E-state index contributed by atoms with van der Waals surface area (Å²) in [5.74, 6) is -0.486. The topological polar surface area (TPSA) is 60.2 Å². The van der Waals surface area contributed by atoms with E-state index in [1.54, 1.807) is 0 Å². The lowest BCUT2D eigenvalue weighted by atomic mass is 10.1. The molecule has 0 aromatic carbocycles. The van der Waals surface area contributed by atoms with Gasteiger partial charge in [0.2, 0.25) is 6.04 Å². The molecule has 2 atom stereocenters. The zero-order valence-corrected chi connectivity index (χ0v) is 5.40. The Kier molecular flexibility index (Phi) is 2.84. The van der Waals surface area contributed by atoms with Crippen LogP contribution in [-0.2, 0) is 4.79 Å². The molecule has 52 valence electrons. The van der Waals surface area contributed by atoms with Gasteiger partial charge in [-0.1, -0.05) is 0 Å². The molecule has 0 aliphatic carbocycles. The van der Waals surface area contributed by atoms with Crippen LogP contribution < -0.4 is 0 Å². The van der Waals surface area contributed by atoms with Crippen molar-refractivity contribution >= 4 is 6.29 Å². The van der Waals surface area contributed by atoms with E-state index in [2.05, 4.69) is 0 Å². The third kappa shape index (κ3) is 2.21. The predicted molar refractivity (Wildman–Crippen MR) is 31.7 cm³/mol. The summed E-state index contributed by atoms with van der Waals surface area (Å²) in [6.45, 7) is 2.94. The van der Waals surface area contributed by atoms with Gasteiger partial charge in [-0.25, -0.2) is 0 Å². The Labute approximate surface area is 53.0 Å². The summed E-state index contributed by atoms with van der Waals surface area (Å²) in [5, 5.41) is 9.95. The molecule has 0 radical (unpaired) electrons. The second kappa shape index (κ2) is 3.17. The van der Waals surface area contributed by atoms with Crippen LogP contribution in [0, 0.1) is 16.0 Å². The molecule has 0 bridgehead atoms. The minimum Gasteiger partial charge on any atom is -0.303 e. The molecule has 0 N–H and O–H groups in total. The summed E-state index contributed by atoms with van der Waals surface area (Å²) in [4.78, 5) is 19.4. The van der Waals surface area contributed by atoms with Crippen molar-refractivity contribution in [2.24, 2.45) is 5.92 Å². The van der Waals surface area contributed by atoms with Gasteiger partial charge >= 0.3 is 0 Å². The molecule has 0 fully saturated rings. The van der Waals surface area contributed by atoms with Crippen molar-refractivity contribution in [1.82, 2.24) is 0 Å². The first-order chi connectivity index (χ1) is 4.09. The maximum Gasteiger partial charge on any atom is 0.219 e. The molecule has 0 saturated heterocycles. The zero-order valence-electron chi connectivity index (χ0n) is 5.40. The predicted octanol–water partition coefficient (Wildman–Crippen LogP) is 0.487. The lowest BCUT2D eigenvalue weighted by Crippen LogP contribution is -2.24. The monoisotopic (exact) mass is 131 g/mol. The number of nitro groups is 1. The number of carbonyl (C=O) groups excluding carboxylic acids is 1. The van der Waals surface area contributed by atoms with Crippen LogP contribution in [0.3, 0.4) is 0 Å². The van der Waals surface area contributed by atoms with Crippen molar-refractivity contribution < 1.29 is 9.72 Å². The van der Waals surface area contributed by atoms with Gasteiger partial charge in [-0.15, -0.1) is 0 Å². The molecule has 0 rings (SSSR count). The first kappa shape index (κ1) is 8.07. The molecular weight excluding hydrogens is 122 g/mol. The molecule has 0 heterocycles. The molecule has 0 spiro atoms. The van der Waals surface area contributed by atoms with Crippen LogP contribution in [0.25, 0.3) is 0 Å². The Morgan fingerprint density at radius 2 is 2.00 bits per heavy atom. The summed E-state index contributed by atoms with van der Waals surface area (Å²) >= 11 is 0. The van der Waals surface area contributed by atoms with Crippen LogP contribution in [0.2, 0.25) is 0 Å². The molecule has 0 amide bonds. The van der Waals surface area contributed by atoms with E-state index in [1.165, 1.54) is 13.8 Å². The van der Waals surface area contributed by atoms with Crippen molar-refractivity contribution in [2.45, 2.75) is 19.9 Å². The highest BCUT2D eigenvalue weighted by atomic mass is 16.6. The molecule has 0 aromatic heterocycles. The first-order valence-electron chi connectivity index (χ1n) is 2.68.